The first-order chi connectivity index (χ1) is 16.8. The second-order valence-electron chi connectivity index (χ2n) is 10.0. The fraction of sp³-hybridized carbons (Fsp3) is 0.345. The maximum absolute atomic E-state index is 11.3. The van der Waals surface area contributed by atoms with Gasteiger partial charge in [-0.3, -0.25) is 4.72 Å². The van der Waals surface area contributed by atoms with Crippen LogP contribution in [-0.4, -0.2) is 40.9 Å². The Labute approximate surface area is 212 Å². The van der Waals surface area contributed by atoms with Crippen LogP contribution < -0.4 is 10.0 Å². The lowest BCUT2D eigenvalue weighted by atomic mass is 9.88. The number of carboxylic acid groups (broad SMARTS) is 1. The molecular weight excluding hydrogens is 456 g/mol. The van der Waals surface area contributed by atoms with Crippen LogP contribution in [0, 0.1) is 5.92 Å². The molecule has 1 aliphatic carbocycles. The van der Waals surface area contributed by atoms with Gasteiger partial charge in [0.1, 0.15) is 0 Å². The Hall–Kier alpha value is -2.64. The quantitative estimate of drug-likeness (QED) is 0.277. The number of fused-ring (bicyclic) bond motifs is 1. The van der Waals surface area contributed by atoms with Gasteiger partial charge in [0, 0.05) is 23.5 Å². The number of carbonyl (C=O) groups is 1. The van der Waals surface area contributed by atoms with Crippen molar-refractivity contribution in [2.45, 2.75) is 49.6 Å². The molecule has 1 atom stereocenters. The Bertz CT molecular complexity index is 1140. The molecule has 3 aromatic rings. The number of aliphatic hydroxyl groups excluding tert-OH is 1. The molecular formula is C29H34N2O3S. The third kappa shape index (κ3) is 7.18. The highest BCUT2D eigenvalue weighted by molar-refractivity contribution is 7.97. The maximum atomic E-state index is 11.3. The molecule has 35 heavy (non-hydrogen) atoms. The van der Waals surface area contributed by atoms with Crippen molar-refractivity contribution in [3.63, 3.8) is 0 Å². The van der Waals surface area contributed by atoms with Crippen molar-refractivity contribution in [3.05, 3.63) is 89.5 Å². The molecule has 4 rings (SSSR count). The van der Waals surface area contributed by atoms with E-state index in [1.807, 2.05) is 30.3 Å². The highest BCUT2D eigenvalue weighted by Crippen LogP contribution is 2.32. The van der Waals surface area contributed by atoms with Crippen LogP contribution in [0.2, 0.25) is 0 Å². The van der Waals surface area contributed by atoms with Crippen molar-refractivity contribution >= 4 is 17.9 Å². The van der Waals surface area contributed by atoms with Gasteiger partial charge in [-0.2, -0.15) is 0 Å². The first-order valence-corrected chi connectivity index (χ1v) is 12.9. The molecule has 0 unspecified atom stereocenters. The molecule has 0 aliphatic heterocycles. The predicted molar refractivity (Wildman–Crippen MR) is 143 cm³/mol. The molecule has 6 heteroatoms. The molecule has 0 amide bonds. The lowest BCUT2D eigenvalue weighted by Crippen LogP contribution is -2.46. The molecule has 1 aliphatic rings. The number of β-amino-alcohol motifs (C(OH)–C–C–N with tert-alkyl or cyclic N) is 1. The van der Waals surface area contributed by atoms with Gasteiger partial charge in [0.05, 0.1) is 11.7 Å². The van der Waals surface area contributed by atoms with E-state index < -0.39 is 12.1 Å². The van der Waals surface area contributed by atoms with Crippen molar-refractivity contribution in [2.24, 2.45) is 5.92 Å². The first-order valence-electron chi connectivity index (χ1n) is 12.1. The van der Waals surface area contributed by atoms with E-state index in [4.69, 9.17) is 0 Å². The molecule has 0 spiro atoms. The van der Waals surface area contributed by atoms with E-state index in [0.29, 0.717) is 19.0 Å². The van der Waals surface area contributed by atoms with Crippen LogP contribution in [-0.2, 0) is 12.8 Å². The normalized spacial score (nSPS) is 14.6. The zero-order valence-corrected chi connectivity index (χ0v) is 21.1. The molecule has 5 nitrogen and oxygen atoms in total. The lowest BCUT2D eigenvalue weighted by Gasteiger charge is -2.30. The van der Waals surface area contributed by atoms with E-state index in [1.54, 1.807) is 18.2 Å². The summed E-state index contributed by atoms with van der Waals surface area (Å²) in [4.78, 5) is 12.3. The summed E-state index contributed by atoms with van der Waals surface area (Å²) < 4.78 is 3.26. The topological polar surface area (TPSA) is 81.6 Å². The van der Waals surface area contributed by atoms with Crippen molar-refractivity contribution in [1.29, 1.82) is 0 Å². The Morgan fingerprint density at radius 1 is 0.971 bits per heavy atom. The third-order valence-corrected chi connectivity index (χ3v) is 7.34. The van der Waals surface area contributed by atoms with Crippen LogP contribution in [0.1, 0.15) is 41.8 Å². The van der Waals surface area contributed by atoms with Gasteiger partial charge in [-0.1, -0.05) is 48.5 Å². The van der Waals surface area contributed by atoms with Crippen LogP contribution >= 0.6 is 11.9 Å². The molecule has 0 saturated heterocycles. The summed E-state index contributed by atoms with van der Waals surface area (Å²) in [5.74, 6) is -0.289. The number of aliphatic hydroxyl groups is 1. The highest BCUT2D eigenvalue weighted by atomic mass is 32.2. The van der Waals surface area contributed by atoms with E-state index in [-0.39, 0.29) is 11.1 Å². The van der Waals surface area contributed by atoms with Crippen molar-refractivity contribution in [3.8, 4) is 11.1 Å². The molecule has 0 aromatic heterocycles. The van der Waals surface area contributed by atoms with Gasteiger partial charge in [0.25, 0.3) is 0 Å². The van der Waals surface area contributed by atoms with E-state index >= 15 is 0 Å². The molecule has 0 radical (unpaired) electrons. The number of carboxylic acids is 1. The first kappa shape index (κ1) is 25.5. The maximum Gasteiger partial charge on any atom is 0.335 e. The third-order valence-electron chi connectivity index (χ3n) is 6.54. The molecule has 4 N–H and O–H groups in total. The fourth-order valence-corrected chi connectivity index (χ4v) is 5.62. The summed E-state index contributed by atoms with van der Waals surface area (Å²) >= 11 is 1.47. The van der Waals surface area contributed by atoms with Crippen LogP contribution in [0.15, 0.2) is 77.7 Å². The van der Waals surface area contributed by atoms with Crippen LogP contribution in [0.25, 0.3) is 11.1 Å². The minimum Gasteiger partial charge on any atom is -0.478 e. The van der Waals surface area contributed by atoms with E-state index in [0.717, 1.165) is 35.3 Å². The zero-order chi connectivity index (χ0) is 24.8. The SMILES string of the molecule is CC(C)(CC1Cc2ccccc2C1)NC[C@@H](O)CNSc1cccc(-c2cccc(C(=O)O)c2)c1. The van der Waals surface area contributed by atoms with Gasteiger partial charge < -0.3 is 15.5 Å². The van der Waals surface area contributed by atoms with E-state index in [2.05, 4.69) is 48.2 Å². The van der Waals surface area contributed by atoms with Crippen molar-refractivity contribution in [1.82, 2.24) is 10.0 Å². The van der Waals surface area contributed by atoms with Gasteiger partial charge in [-0.05, 0) is 97.5 Å². The molecule has 0 saturated carbocycles. The largest absolute Gasteiger partial charge is 0.478 e. The Balaban J connectivity index is 1.22. The second-order valence-corrected chi connectivity index (χ2v) is 11.0. The number of hydrogen-bond donors (Lipinski definition) is 4. The summed E-state index contributed by atoms with van der Waals surface area (Å²) in [5.41, 5.74) is 5.01. The van der Waals surface area contributed by atoms with Crippen LogP contribution in [0.4, 0.5) is 0 Å². The van der Waals surface area contributed by atoms with Crippen molar-refractivity contribution < 1.29 is 15.0 Å². The summed E-state index contributed by atoms with van der Waals surface area (Å²) in [7, 11) is 0. The number of benzene rings is 3. The number of nitrogens with one attached hydrogen (secondary N) is 2. The molecule has 0 heterocycles. The van der Waals surface area contributed by atoms with Gasteiger partial charge >= 0.3 is 5.97 Å². The summed E-state index contributed by atoms with van der Waals surface area (Å²) in [6, 6.07) is 23.6. The average Bonchev–Trinajstić information content (AvgIpc) is 3.24. The van der Waals surface area contributed by atoms with Gasteiger partial charge in [0.2, 0.25) is 0 Å². The molecule has 0 bridgehead atoms. The monoisotopic (exact) mass is 490 g/mol. The minimum absolute atomic E-state index is 0.0420. The molecule has 184 valence electrons. The van der Waals surface area contributed by atoms with Gasteiger partial charge in [-0.15, -0.1) is 0 Å². The predicted octanol–water partition coefficient (Wildman–Crippen LogP) is 5.18. The fourth-order valence-electron chi connectivity index (χ4n) is 4.85. The molecule has 0 fully saturated rings. The summed E-state index contributed by atoms with van der Waals surface area (Å²) in [5, 5.41) is 23.3. The zero-order valence-electron chi connectivity index (χ0n) is 20.3. The summed E-state index contributed by atoms with van der Waals surface area (Å²) in [6.07, 6.45) is 2.86. The standard InChI is InChI=1S/C29H34N2O3S/c1-29(2,17-20-13-21-7-3-4-8-22(21)14-20)30-18-26(32)19-31-35-27-12-6-10-24(16-27)23-9-5-11-25(15-23)28(33)34/h3-12,15-16,20,26,30-32H,13-14,17-19H2,1-2H3,(H,33,34)/t26-/m1/s1. The number of rotatable bonds is 11. The number of hydrogen-bond acceptors (Lipinski definition) is 5. The van der Waals surface area contributed by atoms with Crippen LogP contribution in [0.5, 0.6) is 0 Å². The average molecular weight is 491 g/mol. The Morgan fingerprint density at radius 2 is 1.63 bits per heavy atom. The minimum atomic E-state index is -0.932. The molecule has 3 aromatic carbocycles. The van der Waals surface area contributed by atoms with Crippen LogP contribution in [0.3, 0.4) is 0 Å². The Morgan fingerprint density at radius 3 is 2.31 bits per heavy atom. The summed E-state index contributed by atoms with van der Waals surface area (Å²) in [6.45, 7) is 5.43. The Kier molecular flexibility index (Phi) is 8.29. The smallest absolute Gasteiger partial charge is 0.335 e. The van der Waals surface area contributed by atoms with E-state index in [9.17, 15) is 15.0 Å². The van der Waals surface area contributed by atoms with Gasteiger partial charge in [-0.25, -0.2) is 4.79 Å². The number of aromatic carboxylic acids is 1. The van der Waals surface area contributed by atoms with E-state index in [1.165, 1.54) is 23.1 Å². The highest BCUT2D eigenvalue weighted by Gasteiger charge is 2.28. The second kappa shape index (κ2) is 11.4. The van der Waals surface area contributed by atoms with Crippen molar-refractivity contribution in [2.75, 3.05) is 13.1 Å². The lowest BCUT2D eigenvalue weighted by molar-refractivity contribution is 0.0697. The van der Waals surface area contributed by atoms with Gasteiger partial charge in [0.15, 0.2) is 0 Å².